The summed E-state index contributed by atoms with van der Waals surface area (Å²) in [5.41, 5.74) is 1.68. The molecule has 1 aliphatic rings. The topological polar surface area (TPSA) is 52.9 Å². The van der Waals surface area contributed by atoms with Crippen molar-refractivity contribution in [3.8, 4) is 6.07 Å². The molecule has 1 amide bonds. The van der Waals surface area contributed by atoms with E-state index in [9.17, 15) is 4.79 Å². The fraction of sp³-hybridized carbons (Fsp3) is 0.333. The number of carbonyl (C=O) groups excluding carboxylic acids is 1. The summed E-state index contributed by atoms with van der Waals surface area (Å²) in [6.07, 6.45) is 2.05. The fourth-order valence-electron chi connectivity index (χ4n) is 1.38. The standard InChI is InChI=1S/C12H12N2O/c13-7-9-1-3-10(4-2-9)8-14-12(15)11-5-6-11/h1-4,11H,5-6,8H2,(H,14,15). The zero-order valence-corrected chi connectivity index (χ0v) is 8.36. The molecule has 0 atom stereocenters. The lowest BCUT2D eigenvalue weighted by atomic mass is 10.1. The number of benzene rings is 1. The molecular formula is C12H12N2O. The average molecular weight is 200 g/mol. The van der Waals surface area contributed by atoms with Gasteiger partial charge in [-0.25, -0.2) is 0 Å². The van der Waals surface area contributed by atoms with Crippen molar-refractivity contribution >= 4 is 5.91 Å². The Bertz CT molecular complexity index is 399. The maximum absolute atomic E-state index is 11.3. The zero-order chi connectivity index (χ0) is 10.7. The number of hydrogen-bond acceptors (Lipinski definition) is 2. The Hall–Kier alpha value is -1.82. The van der Waals surface area contributed by atoms with Gasteiger partial charge in [0.05, 0.1) is 11.6 Å². The van der Waals surface area contributed by atoms with Crippen LogP contribution < -0.4 is 5.32 Å². The minimum Gasteiger partial charge on any atom is -0.352 e. The summed E-state index contributed by atoms with van der Waals surface area (Å²) in [4.78, 5) is 11.3. The van der Waals surface area contributed by atoms with Crippen molar-refractivity contribution in [1.29, 1.82) is 5.26 Å². The summed E-state index contributed by atoms with van der Waals surface area (Å²) in [6, 6.07) is 9.32. The lowest BCUT2D eigenvalue weighted by molar-refractivity contribution is -0.122. The first-order valence-corrected chi connectivity index (χ1v) is 5.06. The van der Waals surface area contributed by atoms with Crippen molar-refractivity contribution in [3.63, 3.8) is 0 Å². The number of hydrogen-bond donors (Lipinski definition) is 1. The summed E-state index contributed by atoms with van der Waals surface area (Å²) in [5, 5.41) is 11.5. The van der Waals surface area contributed by atoms with Crippen molar-refractivity contribution in [2.45, 2.75) is 19.4 Å². The maximum atomic E-state index is 11.3. The van der Waals surface area contributed by atoms with E-state index < -0.39 is 0 Å². The lowest BCUT2D eigenvalue weighted by Crippen LogP contribution is -2.24. The molecule has 0 unspecified atom stereocenters. The molecule has 0 spiro atoms. The Kier molecular flexibility index (Phi) is 2.68. The average Bonchev–Trinajstić information content (AvgIpc) is 3.10. The molecule has 1 N–H and O–H groups in total. The SMILES string of the molecule is N#Cc1ccc(CNC(=O)C2CC2)cc1. The van der Waals surface area contributed by atoms with Gasteiger partial charge in [0.2, 0.25) is 5.91 Å². The Morgan fingerprint density at radius 2 is 2.07 bits per heavy atom. The molecule has 1 aliphatic carbocycles. The van der Waals surface area contributed by atoms with E-state index in [0.717, 1.165) is 18.4 Å². The molecule has 0 saturated heterocycles. The molecule has 1 fully saturated rings. The first-order valence-electron chi connectivity index (χ1n) is 5.06. The van der Waals surface area contributed by atoms with Crippen LogP contribution in [0.5, 0.6) is 0 Å². The summed E-state index contributed by atoms with van der Waals surface area (Å²) in [5.74, 6) is 0.405. The third kappa shape index (κ3) is 2.57. The van der Waals surface area contributed by atoms with Crippen LogP contribution in [-0.4, -0.2) is 5.91 Å². The first kappa shape index (κ1) is 9.72. The van der Waals surface area contributed by atoms with E-state index in [0.29, 0.717) is 12.1 Å². The smallest absolute Gasteiger partial charge is 0.223 e. The van der Waals surface area contributed by atoms with E-state index in [1.807, 2.05) is 12.1 Å². The van der Waals surface area contributed by atoms with Gasteiger partial charge in [0.1, 0.15) is 0 Å². The Morgan fingerprint density at radius 1 is 1.40 bits per heavy atom. The molecule has 0 aliphatic heterocycles. The van der Waals surface area contributed by atoms with Crippen molar-refractivity contribution < 1.29 is 4.79 Å². The first-order chi connectivity index (χ1) is 7.29. The molecule has 0 aromatic heterocycles. The van der Waals surface area contributed by atoms with Gasteiger partial charge in [-0.15, -0.1) is 0 Å². The van der Waals surface area contributed by atoms with Gasteiger partial charge in [-0.05, 0) is 30.5 Å². The highest BCUT2D eigenvalue weighted by atomic mass is 16.2. The minimum absolute atomic E-state index is 0.152. The third-order valence-corrected chi connectivity index (χ3v) is 2.50. The summed E-state index contributed by atoms with van der Waals surface area (Å²) < 4.78 is 0. The van der Waals surface area contributed by atoms with Gasteiger partial charge in [0, 0.05) is 12.5 Å². The molecule has 1 saturated carbocycles. The highest BCUT2D eigenvalue weighted by molar-refractivity contribution is 5.80. The van der Waals surface area contributed by atoms with Gasteiger partial charge in [-0.2, -0.15) is 5.26 Å². The molecule has 3 nitrogen and oxygen atoms in total. The molecular weight excluding hydrogens is 188 g/mol. The minimum atomic E-state index is 0.152. The number of nitrogens with zero attached hydrogens (tertiary/aromatic N) is 1. The highest BCUT2D eigenvalue weighted by Crippen LogP contribution is 2.28. The lowest BCUT2D eigenvalue weighted by Gasteiger charge is -2.03. The summed E-state index contributed by atoms with van der Waals surface area (Å²) in [6.45, 7) is 0.557. The second-order valence-corrected chi connectivity index (χ2v) is 3.80. The second-order valence-electron chi connectivity index (χ2n) is 3.80. The number of rotatable bonds is 3. The van der Waals surface area contributed by atoms with Crippen LogP contribution in [-0.2, 0) is 11.3 Å². The molecule has 2 rings (SSSR count). The largest absolute Gasteiger partial charge is 0.352 e. The van der Waals surface area contributed by atoms with E-state index in [-0.39, 0.29) is 11.8 Å². The predicted molar refractivity (Wildman–Crippen MR) is 55.7 cm³/mol. The third-order valence-electron chi connectivity index (χ3n) is 2.50. The molecule has 76 valence electrons. The van der Waals surface area contributed by atoms with Gasteiger partial charge in [-0.1, -0.05) is 12.1 Å². The van der Waals surface area contributed by atoms with Crippen LogP contribution >= 0.6 is 0 Å². The normalized spacial score (nSPS) is 14.3. The highest BCUT2D eigenvalue weighted by Gasteiger charge is 2.29. The maximum Gasteiger partial charge on any atom is 0.223 e. The van der Waals surface area contributed by atoms with Crippen LogP contribution in [0.15, 0.2) is 24.3 Å². The fourth-order valence-corrected chi connectivity index (χ4v) is 1.38. The van der Waals surface area contributed by atoms with Gasteiger partial charge >= 0.3 is 0 Å². The Labute approximate surface area is 88.7 Å². The molecule has 0 heterocycles. The van der Waals surface area contributed by atoms with Crippen LogP contribution in [0.1, 0.15) is 24.0 Å². The second kappa shape index (κ2) is 4.14. The van der Waals surface area contributed by atoms with E-state index in [1.54, 1.807) is 12.1 Å². The van der Waals surface area contributed by atoms with Crippen molar-refractivity contribution in [2.75, 3.05) is 0 Å². The van der Waals surface area contributed by atoms with E-state index in [2.05, 4.69) is 11.4 Å². The summed E-state index contributed by atoms with van der Waals surface area (Å²) >= 11 is 0. The molecule has 0 bridgehead atoms. The van der Waals surface area contributed by atoms with Gasteiger partial charge in [-0.3, -0.25) is 4.79 Å². The number of amides is 1. The van der Waals surface area contributed by atoms with Crippen molar-refractivity contribution in [1.82, 2.24) is 5.32 Å². The van der Waals surface area contributed by atoms with Crippen molar-refractivity contribution in [2.24, 2.45) is 5.92 Å². The van der Waals surface area contributed by atoms with Gasteiger partial charge in [0.15, 0.2) is 0 Å². The van der Waals surface area contributed by atoms with E-state index in [4.69, 9.17) is 5.26 Å². The number of carbonyl (C=O) groups is 1. The Morgan fingerprint density at radius 3 is 2.60 bits per heavy atom. The van der Waals surface area contributed by atoms with Gasteiger partial charge < -0.3 is 5.32 Å². The van der Waals surface area contributed by atoms with Crippen LogP contribution in [0.4, 0.5) is 0 Å². The Balaban J connectivity index is 1.87. The quantitative estimate of drug-likeness (QED) is 0.805. The number of nitriles is 1. The molecule has 3 heteroatoms. The van der Waals surface area contributed by atoms with Crippen LogP contribution in [0.25, 0.3) is 0 Å². The van der Waals surface area contributed by atoms with E-state index >= 15 is 0 Å². The molecule has 1 aromatic carbocycles. The molecule has 1 aromatic rings. The van der Waals surface area contributed by atoms with Crippen LogP contribution in [0.3, 0.4) is 0 Å². The van der Waals surface area contributed by atoms with E-state index in [1.165, 1.54) is 0 Å². The summed E-state index contributed by atoms with van der Waals surface area (Å²) in [7, 11) is 0. The van der Waals surface area contributed by atoms with Crippen molar-refractivity contribution in [3.05, 3.63) is 35.4 Å². The van der Waals surface area contributed by atoms with Gasteiger partial charge in [0.25, 0.3) is 0 Å². The molecule has 0 radical (unpaired) electrons. The zero-order valence-electron chi connectivity index (χ0n) is 8.36. The molecule has 15 heavy (non-hydrogen) atoms. The van der Waals surface area contributed by atoms with Crippen LogP contribution in [0, 0.1) is 17.2 Å². The van der Waals surface area contributed by atoms with Crippen LogP contribution in [0.2, 0.25) is 0 Å². The monoisotopic (exact) mass is 200 g/mol. The predicted octanol–water partition coefficient (Wildman–Crippen LogP) is 1.58. The number of nitrogens with one attached hydrogen (secondary N) is 1.